The topological polar surface area (TPSA) is 61.2 Å². The molecule has 0 radical (unpaired) electrons. The van der Waals surface area contributed by atoms with Gasteiger partial charge in [0.15, 0.2) is 0 Å². The molecule has 3 aromatic rings. The Labute approximate surface area is 137 Å². The van der Waals surface area contributed by atoms with Crippen molar-refractivity contribution in [2.45, 2.75) is 26.5 Å². The smallest absolute Gasteiger partial charge is 0.329 e. The summed E-state index contributed by atoms with van der Waals surface area (Å²) in [7, 11) is 0. The van der Waals surface area contributed by atoms with Crippen molar-refractivity contribution in [3.05, 3.63) is 63.5 Å². The van der Waals surface area contributed by atoms with Crippen molar-refractivity contribution in [3.63, 3.8) is 0 Å². The first-order valence-corrected chi connectivity index (χ1v) is 8.06. The summed E-state index contributed by atoms with van der Waals surface area (Å²) >= 11 is 1.46. The molecule has 0 aliphatic carbocycles. The molecule has 2 heterocycles. The van der Waals surface area contributed by atoms with Crippen LogP contribution < -0.4 is 5.56 Å². The van der Waals surface area contributed by atoms with Gasteiger partial charge in [-0.15, -0.1) is 11.3 Å². The van der Waals surface area contributed by atoms with Gasteiger partial charge in [-0.3, -0.25) is 9.36 Å². The normalized spacial score (nSPS) is 12.3. The second-order valence-electron chi connectivity index (χ2n) is 5.30. The number of carbonyl (C=O) groups excluding carboxylic acids is 1. The molecule has 0 saturated carbocycles. The average molecular weight is 328 g/mol. The van der Waals surface area contributed by atoms with Gasteiger partial charge in [0.1, 0.15) is 17.5 Å². The van der Waals surface area contributed by atoms with Crippen LogP contribution >= 0.6 is 11.3 Å². The number of aromatic nitrogens is 2. The molecule has 2 aromatic heterocycles. The molecule has 0 fully saturated rings. The van der Waals surface area contributed by atoms with Crippen LogP contribution in [0, 0.1) is 6.92 Å². The zero-order chi connectivity index (χ0) is 16.4. The Bertz CT molecular complexity index is 899. The lowest BCUT2D eigenvalue weighted by molar-refractivity contribution is -0.148. The third-order valence-corrected chi connectivity index (χ3v) is 4.54. The maximum atomic E-state index is 12.5. The Hall–Kier alpha value is -2.47. The summed E-state index contributed by atoms with van der Waals surface area (Å²) in [5.41, 5.74) is 0.686. The number of ether oxygens (including phenoxy) is 1. The number of rotatable bonds is 4. The highest BCUT2D eigenvalue weighted by atomic mass is 32.1. The van der Waals surface area contributed by atoms with E-state index in [9.17, 15) is 9.59 Å². The standard InChI is InChI=1S/C17H16N2O3S/c1-11-8-14-15(23-11)18-10-19(16(14)20)12(2)17(21)22-9-13-6-4-3-5-7-13/h3-8,10,12H,9H2,1-2H3. The van der Waals surface area contributed by atoms with Gasteiger partial charge < -0.3 is 4.74 Å². The number of nitrogens with zero attached hydrogens (tertiary/aromatic N) is 2. The van der Waals surface area contributed by atoms with Crippen LogP contribution in [0.3, 0.4) is 0 Å². The fourth-order valence-electron chi connectivity index (χ4n) is 2.30. The van der Waals surface area contributed by atoms with Crippen LogP contribution in [-0.2, 0) is 16.1 Å². The van der Waals surface area contributed by atoms with Crippen LogP contribution in [0.2, 0.25) is 0 Å². The van der Waals surface area contributed by atoms with Gasteiger partial charge >= 0.3 is 5.97 Å². The molecule has 118 valence electrons. The zero-order valence-corrected chi connectivity index (χ0v) is 13.7. The summed E-state index contributed by atoms with van der Waals surface area (Å²) < 4.78 is 6.61. The van der Waals surface area contributed by atoms with Crippen molar-refractivity contribution in [3.8, 4) is 0 Å². The lowest BCUT2D eigenvalue weighted by atomic mass is 10.2. The number of benzene rings is 1. The van der Waals surface area contributed by atoms with Gasteiger partial charge in [0.25, 0.3) is 5.56 Å². The summed E-state index contributed by atoms with van der Waals surface area (Å²) in [5.74, 6) is -0.455. The van der Waals surface area contributed by atoms with E-state index in [1.165, 1.54) is 22.2 Å². The van der Waals surface area contributed by atoms with E-state index in [0.717, 1.165) is 10.4 Å². The molecule has 0 spiro atoms. The summed E-state index contributed by atoms with van der Waals surface area (Å²) in [6.07, 6.45) is 1.41. The highest BCUT2D eigenvalue weighted by Gasteiger charge is 2.19. The van der Waals surface area contributed by atoms with Gasteiger partial charge in [-0.1, -0.05) is 30.3 Å². The SMILES string of the molecule is Cc1cc2c(=O)n(C(C)C(=O)OCc3ccccc3)cnc2s1. The van der Waals surface area contributed by atoms with Crippen molar-refractivity contribution < 1.29 is 9.53 Å². The van der Waals surface area contributed by atoms with E-state index in [4.69, 9.17) is 4.74 Å². The second-order valence-corrected chi connectivity index (χ2v) is 6.54. The van der Waals surface area contributed by atoms with Crippen LogP contribution in [0.5, 0.6) is 0 Å². The highest BCUT2D eigenvalue weighted by Crippen LogP contribution is 2.20. The van der Waals surface area contributed by atoms with Crippen LogP contribution in [0.15, 0.2) is 47.5 Å². The molecule has 23 heavy (non-hydrogen) atoms. The molecule has 0 aliphatic rings. The van der Waals surface area contributed by atoms with E-state index in [1.807, 2.05) is 37.3 Å². The Morgan fingerprint density at radius 1 is 1.35 bits per heavy atom. The van der Waals surface area contributed by atoms with E-state index in [1.54, 1.807) is 13.0 Å². The molecule has 0 saturated heterocycles. The largest absolute Gasteiger partial charge is 0.459 e. The molecular weight excluding hydrogens is 312 g/mol. The van der Waals surface area contributed by atoms with Crippen molar-refractivity contribution in [1.29, 1.82) is 0 Å². The fraction of sp³-hybridized carbons (Fsp3) is 0.235. The van der Waals surface area contributed by atoms with E-state index in [-0.39, 0.29) is 12.2 Å². The predicted octanol–water partition coefficient (Wildman–Crippen LogP) is 3.07. The summed E-state index contributed by atoms with van der Waals surface area (Å²) in [4.78, 5) is 30.6. The monoisotopic (exact) mass is 328 g/mol. The van der Waals surface area contributed by atoms with Crippen molar-refractivity contribution >= 4 is 27.5 Å². The fourth-order valence-corrected chi connectivity index (χ4v) is 3.13. The van der Waals surface area contributed by atoms with Gasteiger partial charge in [0, 0.05) is 4.88 Å². The molecule has 0 amide bonds. The molecule has 1 aromatic carbocycles. The van der Waals surface area contributed by atoms with Crippen molar-refractivity contribution in [2.75, 3.05) is 0 Å². The van der Waals surface area contributed by atoms with Gasteiger partial charge in [-0.25, -0.2) is 9.78 Å². The van der Waals surface area contributed by atoms with Gasteiger partial charge in [0.2, 0.25) is 0 Å². The van der Waals surface area contributed by atoms with Crippen molar-refractivity contribution in [1.82, 2.24) is 9.55 Å². The van der Waals surface area contributed by atoms with Gasteiger partial charge in [-0.05, 0) is 25.5 Å². The highest BCUT2D eigenvalue weighted by molar-refractivity contribution is 7.18. The zero-order valence-electron chi connectivity index (χ0n) is 12.9. The van der Waals surface area contributed by atoms with E-state index in [2.05, 4.69) is 4.98 Å². The second kappa shape index (κ2) is 6.34. The molecule has 1 unspecified atom stereocenters. The first kappa shape index (κ1) is 15.4. The first-order chi connectivity index (χ1) is 11.1. The lowest BCUT2D eigenvalue weighted by Crippen LogP contribution is -2.29. The van der Waals surface area contributed by atoms with Crippen LogP contribution in [-0.4, -0.2) is 15.5 Å². The number of thiophene rings is 1. The van der Waals surface area contributed by atoms with Gasteiger partial charge in [0.05, 0.1) is 11.7 Å². The Morgan fingerprint density at radius 2 is 2.09 bits per heavy atom. The number of esters is 1. The van der Waals surface area contributed by atoms with Gasteiger partial charge in [-0.2, -0.15) is 0 Å². The number of carbonyl (C=O) groups is 1. The Balaban J connectivity index is 1.79. The number of hydrogen-bond donors (Lipinski definition) is 0. The third-order valence-electron chi connectivity index (χ3n) is 3.58. The minimum atomic E-state index is -0.719. The average Bonchev–Trinajstić information content (AvgIpc) is 2.95. The van der Waals surface area contributed by atoms with Crippen LogP contribution in [0.4, 0.5) is 0 Å². The molecule has 6 heteroatoms. The molecule has 5 nitrogen and oxygen atoms in total. The molecular formula is C17H16N2O3S. The third kappa shape index (κ3) is 3.17. The molecule has 3 rings (SSSR count). The van der Waals surface area contributed by atoms with E-state index in [0.29, 0.717) is 10.2 Å². The van der Waals surface area contributed by atoms with E-state index >= 15 is 0 Å². The maximum Gasteiger partial charge on any atom is 0.329 e. The maximum absolute atomic E-state index is 12.5. The minimum absolute atomic E-state index is 0.187. The van der Waals surface area contributed by atoms with E-state index < -0.39 is 12.0 Å². The Morgan fingerprint density at radius 3 is 2.83 bits per heavy atom. The number of hydrogen-bond acceptors (Lipinski definition) is 5. The Kier molecular flexibility index (Phi) is 4.25. The summed E-state index contributed by atoms with van der Waals surface area (Å²) in [6, 6.07) is 10.5. The summed E-state index contributed by atoms with van der Waals surface area (Å²) in [6.45, 7) is 3.75. The number of fused-ring (bicyclic) bond motifs is 1. The first-order valence-electron chi connectivity index (χ1n) is 7.24. The predicted molar refractivity (Wildman–Crippen MR) is 89.6 cm³/mol. The quantitative estimate of drug-likeness (QED) is 0.691. The van der Waals surface area contributed by atoms with Crippen LogP contribution in [0.25, 0.3) is 10.2 Å². The number of aryl methyl sites for hydroxylation is 1. The van der Waals surface area contributed by atoms with Crippen LogP contribution in [0.1, 0.15) is 23.4 Å². The molecule has 1 atom stereocenters. The minimum Gasteiger partial charge on any atom is -0.459 e. The summed E-state index contributed by atoms with van der Waals surface area (Å²) in [5, 5.41) is 0.540. The lowest BCUT2D eigenvalue weighted by Gasteiger charge is -2.14. The molecule has 0 bridgehead atoms. The molecule has 0 N–H and O–H groups in total. The molecule has 0 aliphatic heterocycles. The van der Waals surface area contributed by atoms with Crippen molar-refractivity contribution in [2.24, 2.45) is 0 Å².